The minimum atomic E-state index is -0.365. The van der Waals surface area contributed by atoms with E-state index in [9.17, 15) is 0 Å². The Labute approximate surface area is 131 Å². The van der Waals surface area contributed by atoms with E-state index in [2.05, 4.69) is 42.0 Å². The van der Waals surface area contributed by atoms with Crippen molar-refractivity contribution in [2.24, 2.45) is 5.73 Å². The molecular formula is C11H13Br2N3O2S. The topological polar surface area (TPSA) is 74.2 Å². The molecule has 1 unspecified atom stereocenters. The van der Waals surface area contributed by atoms with E-state index < -0.39 is 0 Å². The van der Waals surface area contributed by atoms with E-state index in [-0.39, 0.29) is 6.04 Å². The smallest absolute Gasteiger partial charge is 0.268 e. The van der Waals surface area contributed by atoms with Crippen LogP contribution in [0.15, 0.2) is 18.8 Å². The molecule has 0 amide bonds. The molecule has 2 aromatic heterocycles. The van der Waals surface area contributed by atoms with E-state index in [1.54, 1.807) is 0 Å². The molecule has 0 fully saturated rings. The molecule has 0 spiro atoms. The van der Waals surface area contributed by atoms with Crippen LogP contribution in [0.1, 0.15) is 25.2 Å². The third kappa shape index (κ3) is 3.85. The molecule has 19 heavy (non-hydrogen) atoms. The molecule has 0 aliphatic carbocycles. The lowest BCUT2D eigenvalue weighted by molar-refractivity contribution is 0.119. The van der Waals surface area contributed by atoms with Gasteiger partial charge in [0.15, 0.2) is 5.82 Å². The maximum absolute atomic E-state index is 5.94. The van der Waals surface area contributed by atoms with Gasteiger partial charge in [-0.25, -0.2) is 0 Å². The van der Waals surface area contributed by atoms with Crippen LogP contribution in [-0.2, 0) is 4.74 Å². The Morgan fingerprint density at radius 2 is 2.32 bits per heavy atom. The summed E-state index contributed by atoms with van der Waals surface area (Å²) in [7, 11) is 0. The Morgan fingerprint density at radius 1 is 1.53 bits per heavy atom. The van der Waals surface area contributed by atoms with Crippen LogP contribution in [0.2, 0.25) is 0 Å². The second kappa shape index (κ2) is 6.94. The van der Waals surface area contributed by atoms with Crippen molar-refractivity contribution in [3.8, 4) is 10.8 Å². The highest BCUT2D eigenvalue weighted by atomic mass is 79.9. The van der Waals surface area contributed by atoms with Gasteiger partial charge in [0.25, 0.3) is 5.89 Å². The van der Waals surface area contributed by atoms with Crippen molar-refractivity contribution in [1.82, 2.24) is 10.1 Å². The quantitative estimate of drug-likeness (QED) is 0.734. The molecule has 2 N–H and O–H groups in total. The average molecular weight is 411 g/mol. The summed E-state index contributed by atoms with van der Waals surface area (Å²) in [5.74, 6) is 0.934. The maximum Gasteiger partial charge on any atom is 0.268 e. The minimum Gasteiger partial charge on any atom is -0.379 e. The first-order valence-corrected chi connectivity index (χ1v) is 8.14. The number of ether oxygens (including phenoxy) is 1. The first-order chi connectivity index (χ1) is 9.11. The summed E-state index contributed by atoms with van der Waals surface area (Å²) in [6, 6.07) is 1.56. The van der Waals surface area contributed by atoms with Gasteiger partial charge in [-0.1, -0.05) is 12.1 Å². The van der Waals surface area contributed by atoms with Crippen LogP contribution in [0.4, 0.5) is 0 Å². The van der Waals surface area contributed by atoms with Crippen molar-refractivity contribution in [2.45, 2.75) is 19.4 Å². The number of nitrogens with zero attached hydrogens (tertiary/aromatic N) is 2. The molecular weight excluding hydrogens is 398 g/mol. The van der Waals surface area contributed by atoms with Crippen LogP contribution in [0, 0.1) is 0 Å². The molecule has 2 rings (SSSR count). The van der Waals surface area contributed by atoms with E-state index in [4.69, 9.17) is 15.0 Å². The van der Waals surface area contributed by atoms with Gasteiger partial charge < -0.3 is 15.0 Å². The number of rotatable bonds is 6. The van der Waals surface area contributed by atoms with Gasteiger partial charge in [-0.15, -0.1) is 11.3 Å². The van der Waals surface area contributed by atoms with Gasteiger partial charge in [0.05, 0.1) is 21.3 Å². The SMILES string of the molecule is CCCOCC(N)c1noc(-c2cc(Br)c(Br)s2)n1. The molecule has 2 heterocycles. The Kier molecular flexibility index (Phi) is 5.52. The lowest BCUT2D eigenvalue weighted by Crippen LogP contribution is -2.18. The van der Waals surface area contributed by atoms with Crippen LogP contribution in [-0.4, -0.2) is 23.4 Å². The number of hydrogen-bond donors (Lipinski definition) is 1. The fourth-order valence-electron chi connectivity index (χ4n) is 1.37. The van der Waals surface area contributed by atoms with Crippen molar-refractivity contribution in [1.29, 1.82) is 0 Å². The zero-order valence-electron chi connectivity index (χ0n) is 10.2. The van der Waals surface area contributed by atoms with Crippen molar-refractivity contribution >= 4 is 43.2 Å². The summed E-state index contributed by atoms with van der Waals surface area (Å²) in [4.78, 5) is 5.19. The summed E-state index contributed by atoms with van der Waals surface area (Å²) >= 11 is 8.36. The summed E-state index contributed by atoms with van der Waals surface area (Å²) in [6.07, 6.45) is 0.960. The minimum absolute atomic E-state index is 0.365. The van der Waals surface area contributed by atoms with E-state index in [0.29, 0.717) is 24.9 Å². The molecule has 5 nitrogen and oxygen atoms in total. The molecule has 0 saturated carbocycles. The third-order valence-electron chi connectivity index (χ3n) is 2.28. The number of nitrogens with two attached hydrogens (primary N) is 1. The maximum atomic E-state index is 5.94. The largest absolute Gasteiger partial charge is 0.379 e. The van der Waals surface area contributed by atoms with Crippen LogP contribution in [0.25, 0.3) is 10.8 Å². The monoisotopic (exact) mass is 409 g/mol. The standard InChI is InChI=1S/C11H13Br2N3O2S/c1-2-3-17-5-7(14)10-15-11(18-16-10)8-4-6(12)9(13)19-8/h4,7H,2-3,5,14H2,1H3. The van der Waals surface area contributed by atoms with Gasteiger partial charge in [0, 0.05) is 11.1 Å². The van der Waals surface area contributed by atoms with Crippen molar-refractivity contribution in [3.05, 3.63) is 20.1 Å². The molecule has 8 heteroatoms. The van der Waals surface area contributed by atoms with Crippen LogP contribution >= 0.6 is 43.2 Å². The van der Waals surface area contributed by atoms with Crippen LogP contribution < -0.4 is 5.73 Å². The summed E-state index contributed by atoms with van der Waals surface area (Å²) in [6.45, 7) is 3.12. The number of hydrogen-bond acceptors (Lipinski definition) is 6. The van der Waals surface area contributed by atoms with E-state index >= 15 is 0 Å². The average Bonchev–Trinajstić information content (AvgIpc) is 2.98. The Bertz CT molecular complexity index is 524. The molecule has 0 bridgehead atoms. The molecule has 0 aliphatic heterocycles. The Morgan fingerprint density at radius 3 is 2.95 bits per heavy atom. The van der Waals surface area contributed by atoms with Gasteiger partial charge in [-0.2, -0.15) is 4.98 Å². The van der Waals surface area contributed by atoms with Gasteiger partial charge in [0.2, 0.25) is 0 Å². The molecule has 2 aromatic rings. The number of thiophene rings is 1. The zero-order valence-corrected chi connectivity index (χ0v) is 14.2. The van der Waals surface area contributed by atoms with Crippen LogP contribution in [0.3, 0.4) is 0 Å². The Hall–Kier alpha value is -0.280. The number of halogens is 2. The number of aromatic nitrogens is 2. The van der Waals surface area contributed by atoms with Crippen molar-refractivity contribution < 1.29 is 9.26 Å². The van der Waals surface area contributed by atoms with Gasteiger partial charge >= 0.3 is 0 Å². The lowest BCUT2D eigenvalue weighted by atomic mass is 10.3. The zero-order chi connectivity index (χ0) is 13.8. The van der Waals surface area contributed by atoms with Crippen molar-refractivity contribution in [3.63, 3.8) is 0 Å². The van der Waals surface area contributed by atoms with E-state index in [1.807, 2.05) is 13.0 Å². The van der Waals surface area contributed by atoms with E-state index in [0.717, 1.165) is 19.6 Å². The lowest BCUT2D eigenvalue weighted by Gasteiger charge is -2.06. The molecule has 1 atom stereocenters. The third-order valence-corrected chi connectivity index (χ3v) is 5.52. The predicted molar refractivity (Wildman–Crippen MR) is 81.0 cm³/mol. The van der Waals surface area contributed by atoms with Gasteiger partial charge in [0.1, 0.15) is 0 Å². The summed E-state index contributed by atoms with van der Waals surface area (Å²) in [5.41, 5.74) is 5.94. The molecule has 0 aliphatic rings. The van der Waals surface area contributed by atoms with E-state index in [1.165, 1.54) is 11.3 Å². The first kappa shape index (κ1) is 15.1. The predicted octanol–water partition coefficient (Wildman–Crippen LogP) is 3.75. The highest BCUT2D eigenvalue weighted by Gasteiger charge is 2.17. The van der Waals surface area contributed by atoms with Crippen molar-refractivity contribution in [2.75, 3.05) is 13.2 Å². The highest BCUT2D eigenvalue weighted by Crippen LogP contribution is 2.37. The first-order valence-electron chi connectivity index (χ1n) is 5.74. The molecule has 0 saturated heterocycles. The fourth-order valence-corrected chi connectivity index (χ4v) is 3.32. The normalized spacial score (nSPS) is 12.8. The van der Waals surface area contributed by atoms with Gasteiger partial charge in [-0.3, -0.25) is 0 Å². The summed E-state index contributed by atoms with van der Waals surface area (Å²) < 4.78 is 12.5. The fraction of sp³-hybridized carbons (Fsp3) is 0.455. The molecule has 104 valence electrons. The molecule has 0 radical (unpaired) electrons. The second-order valence-electron chi connectivity index (χ2n) is 3.87. The highest BCUT2D eigenvalue weighted by molar-refractivity contribution is 9.13. The summed E-state index contributed by atoms with van der Waals surface area (Å²) in [5, 5.41) is 3.90. The molecule has 0 aromatic carbocycles. The van der Waals surface area contributed by atoms with Gasteiger partial charge in [-0.05, 0) is 44.3 Å². The Balaban J connectivity index is 2.06. The van der Waals surface area contributed by atoms with Crippen LogP contribution in [0.5, 0.6) is 0 Å². The second-order valence-corrected chi connectivity index (χ2v) is 7.10.